The molecule has 1 aromatic heterocycles. The van der Waals surface area contributed by atoms with E-state index in [0.29, 0.717) is 11.6 Å². The Bertz CT molecular complexity index is 927. The zero-order valence-corrected chi connectivity index (χ0v) is 12.6. The summed E-state index contributed by atoms with van der Waals surface area (Å²) in [6.07, 6.45) is 0. The molecule has 0 aliphatic heterocycles. The Hall–Kier alpha value is -3.15. The summed E-state index contributed by atoms with van der Waals surface area (Å²) in [7, 11) is 0. The zero-order chi connectivity index (χ0) is 16.6. The van der Waals surface area contributed by atoms with Crippen LogP contribution in [0, 0.1) is 13.8 Å². The molecule has 0 aliphatic rings. The Morgan fingerprint density at radius 1 is 1.13 bits per heavy atom. The first-order valence-corrected chi connectivity index (χ1v) is 6.97. The van der Waals surface area contributed by atoms with Gasteiger partial charge >= 0.3 is 5.97 Å². The van der Waals surface area contributed by atoms with E-state index in [1.165, 1.54) is 6.07 Å². The molecule has 0 saturated carbocycles. The van der Waals surface area contributed by atoms with E-state index < -0.39 is 11.9 Å². The molecule has 0 aliphatic carbocycles. The molecule has 23 heavy (non-hydrogen) atoms. The summed E-state index contributed by atoms with van der Waals surface area (Å²) in [5.41, 5.74) is 0.693. The maximum Gasteiger partial charge on any atom is 0.337 e. The minimum Gasteiger partial charge on any atom is -0.478 e. The van der Waals surface area contributed by atoms with Crippen LogP contribution in [0.25, 0.3) is 10.8 Å². The van der Waals surface area contributed by atoms with Crippen LogP contribution in [0.4, 0.5) is 5.69 Å². The third-order valence-electron chi connectivity index (χ3n) is 3.47. The number of oxazole rings is 1. The number of benzene rings is 2. The van der Waals surface area contributed by atoms with Crippen LogP contribution in [-0.4, -0.2) is 22.0 Å². The fraction of sp³-hybridized carbons (Fsp3) is 0.118. The van der Waals surface area contributed by atoms with Crippen molar-refractivity contribution in [2.45, 2.75) is 13.8 Å². The van der Waals surface area contributed by atoms with E-state index >= 15 is 0 Å². The van der Waals surface area contributed by atoms with Crippen molar-refractivity contribution >= 4 is 28.3 Å². The van der Waals surface area contributed by atoms with E-state index in [4.69, 9.17) is 4.42 Å². The summed E-state index contributed by atoms with van der Waals surface area (Å²) >= 11 is 0. The molecule has 6 nitrogen and oxygen atoms in total. The number of aromatic nitrogens is 1. The van der Waals surface area contributed by atoms with Gasteiger partial charge in [0.2, 0.25) is 5.76 Å². The topological polar surface area (TPSA) is 92.4 Å². The van der Waals surface area contributed by atoms with Gasteiger partial charge in [-0.3, -0.25) is 4.79 Å². The lowest BCUT2D eigenvalue weighted by Gasteiger charge is -2.09. The van der Waals surface area contributed by atoms with Gasteiger partial charge in [-0.1, -0.05) is 24.3 Å². The van der Waals surface area contributed by atoms with Crippen molar-refractivity contribution < 1.29 is 19.1 Å². The molecule has 3 rings (SSSR count). The number of nitrogens with zero attached hydrogens (tertiary/aromatic N) is 1. The lowest BCUT2D eigenvalue weighted by atomic mass is 10.0. The van der Waals surface area contributed by atoms with Crippen LogP contribution in [0.5, 0.6) is 0 Å². The highest BCUT2D eigenvalue weighted by atomic mass is 16.4. The van der Waals surface area contributed by atoms with E-state index in [0.717, 1.165) is 10.8 Å². The van der Waals surface area contributed by atoms with Crippen LogP contribution >= 0.6 is 0 Å². The van der Waals surface area contributed by atoms with Crippen LogP contribution in [0.15, 0.2) is 40.8 Å². The van der Waals surface area contributed by atoms with Crippen molar-refractivity contribution in [1.29, 1.82) is 0 Å². The summed E-state index contributed by atoms with van der Waals surface area (Å²) < 4.78 is 5.27. The third kappa shape index (κ3) is 2.78. The van der Waals surface area contributed by atoms with E-state index in [1.54, 1.807) is 19.9 Å². The molecule has 2 N–H and O–H groups in total. The number of hydrogen-bond acceptors (Lipinski definition) is 4. The molecule has 0 saturated heterocycles. The molecule has 0 spiro atoms. The number of aromatic carboxylic acids is 1. The number of amides is 1. The molecule has 2 aromatic carbocycles. The predicted molar refractivity (Wildman–Crippen MR) is 84.8 cm³/mol. The number of nitrogens with one attached hydrogen (secondary N) is 1. The SMILES string of the molecule is Cc1nc(C)c(C(=O)Nc2cc3ccccc3cc2C(=O)O)o1. The maximum absolute atomic E-state index is 12.3. The van der Waals surface area contributed by atoms with Crippen LogP contribution < -0.4 is 5.32 Å². The Balaban J connectivity index is 2.04. The average molecular weight is 310 g/mol. The number of carbonyl (C=O) groups is 2. The molecule has 6 heteroatoms. The van der Waals surface area contributed by atoms with Crippen molar-refractivity contribution in [2.24, 2.45) is 0 Å². The summed E-state index contributed by atoms with van der Waals surface area (Å²) in [6.45, 7) is 3.30. The summed E-state index contributed by atoms with van der Waals surface area (Å²) in [4.78, 5) is 27.8. The van der Waals surface area contributed by atoms with Gasteiger partial charge in [0, 0.05) is 6.92 Å². The first-order valence-electron chi connectivity index (χ1n) is 6.97. The number of carbonyl (C=O) groups excluding carboxylic acids is 1. The lowest BCUT2D eigenvalue weighted by Crippen LogP contribution is -2.15. The summed E-state index contributed by atoms with van der Waals surface area (Å²) in [5, 5.41) is 13.6. The standard InChI is InChI=1S/C17H14N2O4/c1-9-15(23-10(2)18-9)16(20)19-14-8-12-6-4-3-5-11(12)7-13(14)17(21)22/h3-8H,1-2H3,(H,19,20)(H,21,22). The number of carboxylic acid groups (broad SMARTS) is 1. The smallest absolute Gasteiger partial charge is 0.337 e. The molecule has 3 aromatic rings. The minimum atomic E-state index is -1.11. The van der Waals surface area contributed by atoms with Gasteiger partial charge in [-0.05, 0) is 29.8 Å². The molecular weight excluding hydrogens is 296 g/mol. The van der Waals surface area contributed by atoms with Crippen LogP contribution in [-0.2, 0) is 0 Å². The molecule has 0 radical (unpaired) electrons. The van der Waals surface area contributed by atoms with Crippen molar-refractivity contribution in [3.63, 3.8) is 0 Å². The van der Waals surface area contributed by atoms with E-state index in [2.05, 4.69) is 10.3 Å². The largest absolute Gasteiger partial charge is 0.478 e. The fourth-order valence-electron chi connectivity index (χ4n) is 2.44. The highest BCUT2D eigenvalue weighted by Gasteiger charge is 2.19. The van der Waals surface area contributed by atoms with E-state index in [1.807, 2.05) is 24.3 Å². The van der Waals surface area contributed by atoms with Gasteiger partial charge in [0.25, 0.3) is 5.91 Å². The van der Waals surface area contributed by atoms with Gasteiger partial charge in [0.1, 0.15) is 0 Å². The number of fused-ring (bicyclic) bond motifs is 1. The van der Waals surface area contributed by atoms with Crippen molar-refractivity contribution in [1.82, 2.24) is 4.98 Å². The van der Waals surface area contributed by atoms with Gasteiger partial charge in [-0.25, -0.2) is 9.78 Å². The lowest BCUT2D eigenvalue weighted by molar-refractivity contribution is 0.0698. The second-order valence-corrected chi connectivity index (χ2v) is 5.15. The van der Waals surface area contributed by atoms with Gasteiger partial charge in [-0.2, -0.15) is 0 Å². The van der Waals surface area contributed by atoms with Crippen LogP contribution in [0.1, 0.15) is 32.5 Å². The van der Waals surface area contributed by atoms with E-state index in [9.17, 15) is 14.7 Å². The molecule has 0 atom stereocenters. The Labute approximate surface area is 131 Å². The molecule has 116 valence electrons. The Morgan fingerprint density at radius 2 is 1.78 bits per heavy atom. The van der Waals surface area contributed by atoms with E-state index in [-0.39, 0.29) is 17.0 Å². The van der Waals surface area contributed by atoms with Gasteiger partial charge in [-0.15, -0.1) is 0 Å². The van der Waals surface area contributed by atoms with Crippen molar-refractivity contribution in [3.05, 3.63) is 59.3 Å². The Kier molecular flexibility index (Phi) is 3.57. The van der Waals surface area contributed by atoms with Gasteiger partial charge in [0.15, 0.2) is 5.89 Å². The molecule has 1 heterocycles. The molecule has 0 bridgehead atoms. The monoisotopic (exact) mass is 310 g/mol. The number of anilines is 1. The second-order valence-electron chi connectivity index (χ2n) is 5.15. The van der Waals surface area contributed by atoms with Crippen molar-refractivity contribution in [2.75, 3.05) is 5.32 Å². The van der Waals surface area contributed by atoms with Crippen LogP contribution in [0.2, 0.25) is 0 Å². The number of hydrogen-bond donors (Lipinski definition) is 2. The first kappa shape index (κ1) is 14.8. The minimum absolute atomic E-state index is 0.0194. The first-order chi connectivity index (χ1) is 11.0. The summed E-state index contributed by atoms with van der Waals surface area (Å²) in [5.74, 6) is -1.19. The highest BCUT2D eigenvalue weighted by Crippen LogP contribution is 2.25. The Morgan fingerprint density at radius 3 is 2.35 bits per heavy atom. The third-order valence-corrected chi connectivity index (χ3v) is 3.47. The maximum atomic E-state index is 12.3. The van der Waals surface area contributed by atoms with Gasteiger partial charge < -0.3 is 14.8 Å². The fourth-order valence-corrected chi connectivity index (χ4v) is 2.44. The van der Waals surface area contributed by atoms with Crippen molar-refractivity contribution in [3.8, 4) is 0 Å². The zero-order valence-electron chi connectivity index (χ0n) is 12.6. The number of aryl methyl sites for hydroxylation is 2. The summed E-state index contributed by atoms with van der Waals surface area (Å²) in [6, 6.07) is 10.5. The van der Waals surface area contributed by atoms with Crippen LogP contribution in [0.3, 0.4) is 0 Å². The predicted octanol–water partition coefficient (Wildman–Crippen LogP) is 3.40. The quantitative estimate of drug-likeness (QED) is 0.773. The second kappa shape index (κ2) is 5.57. The molecule has 0 fully saturated rings. The highest BCUT2D eigenvalue weighted by molar-refractivity contribution is 6.09. The molecular formula is C17H14N2O4. The normalized spacial score (nSPS) is 10.7. The number of rotatable bonds is 3. The van der Waals surface area contributed by atoms with Gasteiger partial charge in [0.05, 0.1) is 16.9 Å². The molecule has 0 unspecified atom stereocenters. The molecule has 1 amide bonds. The number of carboxylic acids is 1. The average Bonchev–Trinajstić information content (AvgIpc) is 2.85.